The van der Waals surface area contributed by atoms with E-state index in [1.165, 1.54) is 0 Å². The third-order valence-corrected chi connectivity index (χ3v) is 3.47. The van der Waals surface area contributed by atoms with Gasteiger partial charge in [0.25, 0.3) is 5.91 Å². The SMILES string of the molecule is Cc1ccc(-c2nc(NC(=O)c3cn(C)nc3C(C)(C)C)n[nH]2)o1. The third-order valence-electron chi connectivity index (χ3n) is 3.47. The van der Waals surface area contributed by atoms with Crippen molar-refractivity contribution in [1.82, 2.24) is 25.0 Å². The van der Waals surface area contributed by atoms with Crippen molar-refractivity contribution in [1.29, 1.82) is 0 Å². The molecule has 0 fully saturated rings. The number of carbonyl (C=O) groups excluding carboxylic acids is 1. The van der Waals surface area contributed by atoms with E-state index in [0.29, 0.717) is 17.1 Å². The molecule has 1 amide bonds. The monoisotopic (exact) mass is 328 g/mol. The summed E-state index contributed by atoms with van der Waals surface area (Å²) in [6, 6.07) is 3.63. The summed E-state index contributed by atoms with van der Waals surface area (Å²) < 4.78 is 7.11. The first-order valence-corrected chi connectivity index (χ1v) is 7.59. The highest BCUT2D eigenvalue weighted by Gasteiger charge is 2.26. The molecule has 0 aliphatic rings. The van der Waals surface area contributed by atoms with Gasteiger partial charge in [0.05, 0.1) is 11.3 Å². The first-order valence-electron chi connectivity index (χ1n) is 7.59. The van der Waals surface area contributed by atoms with Gasteiger partial charge in [0.15, 0.2) is 11.6 Å². The summed E-state index contributed by atoms with van der Waals surface area (Å²) in [4.78, 5) is 16.8. The summed E-state index contributed by atoms with van der Waals surface area (Å²) in [6.07, 6.45) is 1.69. The van der Waals surface area contributed by atoms with Gasteiger partial charge in [0, 0.05) is 18.7 Å². The number of carbonyl (C=O) groups is 1. The number of amides is 1. The Morgan fingerprint density at radius 2 is 2.08 bits per heavy atom. The molecule has 0 bridgehead atoms. The van der Waals surface area contributed by atoms with Crippen LogP contribution in [0.3, 0.4) is 0 Å². The molecule has 24 heavy (non-hydrogen) atoms. The molecule has 0 radical (unpaired) electrons. The molecule has 2 N–H and O–H groups in total. The number of hydrogen-bond donors (Lipinski definition) is 2. The van der Waals surface area contributed by atoms with Crippen LogP contribution in [0.1, 0.15) is 42.6 Å². The standard InChI is InChI=1S/C16H20N6O2/c1-9-6-7-11(24-9)13-17-15(20-19-13)18-14(23)10-8-22(5)21-12(10)16(2,3)4/h6-8H,1-5H3,(H2,17,18,19,20,23). The van der Waals surface area contributed by atoms with Crippen LogP contribution in [0.15, 0.2) is 22.7 Å². The Morgan fingerprint density at radius 3 is 2.71 bits per heavy atom. The van der Waals surface area contributed by atoms with Gasteiger partial charge in [-0.05, 0) is 19.1 Å². The van der Waals surface area contributed by atoms with Gasteiger partial charge in [0.2, 0.25) is 5.95 Å². The number of aromatic amines is 1. The van der Waals surface area contributed by atoms with E-state index >= 15 is 0 Å². The molecular weight excluding hydrogens is 308 g/mol. The minimum Gasteiger partial charge on any atom is -0.458 e. The highest BCUT2D eigenvalue weighted by Crippen LogP contribution is 2.25. The van der Waals surface area contributed by atoms with Crippen LogP contribution in [0, 0.1) is 6.92 Å². The van der Waals surface area contributed by atoms with Crippen LogP contribution in [0.5, 0.6) is 0 Å². The predicted octanol–water partition coefficient (Wildman–Crippen LogP) is 2.66. The molecule has 126 valence electrons. The zero-order chi connectivity index (χ0) is 17.5. The molecule has 0 aliphatic carbocycles. The first-order chi connectivity index (χ1) is 11.2. The van der Waals surface area contributed by atoms with Gasteiger partial charge in [-0.15, -0.1) is 5.10 Å². The van der Waals surface area contributed by atoms with E-state index in [1.54, 1.807) is 24.0 Å². The Hall–Kier alpha value is -2.90. The molecule has 3 rings (SSSR count). The summed E-state index contributed by atoms with van der Waals surface area (Å²) >= 11 is 0. The molecule has 3 heterocycles. The summed E-state index contributed by atoms with van der Waals surface area (Å²) in [5.74, 6) is 1.69. The first kappa shape index (κ1) is 16.0. The number of nitrogens with zero attached hydrogens (tertiary/aromatic N) is 4. The summed E-state index contributed by atoms with van der Waals surface area (Å²) in [7, 11) is 1.79. The molecule has 3 aromatic rings. The lowest BCUT2D eigenvalue weighted by Crippen LogP contribution is -2.20. The number of rotatable bonds is 3. The van der Waals surface area contributed by atoms with Crippen molar-refractivity contribution in [3.05, 3.63) is 35.3 Å². The number of H-pyrrole nitrogens is 1. The van der Waals surface area contributed by atoms with Crippen LogP contribution in [0.4, 0.5) is 5.95 Å². The Labute approximate surface area is 139 Å². The number of furan rings is 1. The normalized spacial score (nSPS) is 11.7. The van der Waals surface area contributed by atoms with Gasteiger partial charge in [-0.25, -0.2) is 0 Å². The third kappa shape index (κ3) is 3.08. The van der Waals surface area contributed by atoms with Crippen molar-refractivity contribution >= 4 is 11.9 Å². The summed E-state index contributed by atoms with van der Waals surface area (Å²) in [5.41, 5.74) is 0.981. The van der Waals surface area contributed by atoms with E-state index in [1.807, 2.05) is 33.8 Å². The Morgan fingerprint density at radius 1 is 1.33 bits per heavy atom. The second-order valence-corrected chi connectivity index (χ2v) is 6.69. The van der Waals surface area contributed by atoms with Gasteiger partial charge in [-0.3, -0.25) is 19.9 Å². The average Bonchev–Trinajstić information content (AvgIpc) is 3.17. The van der Waals surface area contributed by atoms with E-state index in [0.717, 1.165) is 11.5 Å². The van der Waals surface area contributed by atoms with Crippen LogP contribution < -0.4 is 5.32 Å². The molecule has 0 unspecified atom stereocenters. The number of nitrogens with one attached hydrogen (secondary N) is 2. The number of aryl methyl sites for hydroxylation is 2. The van der Waals surface area contributed by atoms with E-state index in [2.05, 4.69) is 25.6 Å². The zero-order valence-corrected chi connectivity index (χ0v) is 14.3. The quantitative estimate of drug-likeness (QED) is 0.769. The Balaban J connectivity index is 1.82. The summed E-state index contributed by atoms with van der Waals surface area (Å²) in [5, 5.41) is 13.8. The molecule has 3 aromatic heterocycles. The van der Waals surface area contributed by atoms with Crippen molar-refractivity contribution in [3.63, 3.8) is 0 Å². The lowest BCUT2D eigenvalue weighted by Gasteiger charge is -2.16. The number of anilines is 1. The van der Waals surface area contributed by atoms with Crippen molar-refractivity contribution in [2.45, 2.75) is 33.1 Å². The Bertz CT molecular complexity index is 881. The minimum absolute atomic E-state index is 0.188. The molecule has 8 nitrogen and oxygen atoms in total. The van der Waals surface area contributed by atoms with E-state index in [4.69, 9.17) is 4.42 Å². The smallest absolute Gasteiger partial charge is 0.261 e. The minimum atomic E-state index is -0.297. The van der Waals surface area contributed by atoms with E-state index in [-0.39, 0.29) is 17.3 Å². The van der Waals surface area contributed by atoms with Crippen LogP contribution in [0.2, 0.25) is 0 Å². The van der Waals surface area contributed by atoms with Gasteiger partial charge in [0.1, 0.15) is 5.76 Å². The second-order valence-electron chi connectivity index (χ2n) is 6.69. The lowest BCUT2D eigenvalue weighted by molar-refractivity contribution is 0.102. The number of aromatic nitrogens is 5. The molecule has 0 saturated carbocycles. The fourth-order valence-electron chi connectivity index (χ4n) is 2.37. The highest BCUT2D eigenvalue weighted by molar-refractivity contribution is 6.04. The van der Waals surface area contributed by atoms with Crippen molar-refractivity contribution in [3.8, 4) is 11.6 Å². The van der Waals surface area contributed by atoms with Crippen LogP contribution >= 0.6 is 0 Å². The van der Waals surface area contributed by atoms with Gasteiger partial charge >= 0.3 is 0 Å². The molecule has 0 aliphatic heterocycles. The van der Waals surface area contributed by atoms with E-state index < -0.39 is 0 Å². The fraction of sp³-hybridized carbons (Fsp3) is 0.375. The molecule has 0 saturated heterocycles. The lowest BCUT2D eigenvalue weighted by atomic mass is 9.89. The van der Waals surface area contributed by atoms with Gasteiger partial charge in [-0.2, -0.15) is 10.1 Å². The fourth-order valence-corrected chi connectivity index (χ4v) is 2.37. The summed E-state index contributed by atoms with van der Waals surface area (Å²) in [6.45, 7) is 7.88. The number of hydrogen-bond acceptors (Lipinski definition) is 5. The average molecular weight is 328 g/mol. The van der Waals surface area contributed by atoms with Crippen LogP contribution in [-0.4, -0.2) is 30.9 Å². The van der Waals surface area contributed by atoms with Crippen LogP contribution in [-0.2, 0) is 12.5 Å². The Kier molecular flexibility index (Phi) is 3.75. The van der Waals surface area contributed by atoms with Crippen LogP contribution in [0.25, 0.3) is 11.6 Å². The van der Waals surface area contributed by atoms with Crippen molar-refractivity contribution in [2.24, 2.45) is 7.05 Å². The van der Waals surface area contributed by atoms with Gasteiger partial charge < -0.3 is 4.42 Å². The van der Waals surface area contributed by atoms with Crippen molar-refractivity contribution < 1.29 is 9.21 Å². The molecule has 0 spiro atoms. The van der Waals surface area contributed by atoms with E-state index in [9.17, 15) is 4.79 Å². The molecule has 0 aromatic carbocycles. The van der Waals surface area contributed by atoms with Crippen molar-refractivity contribution in [2.75, 3.05) is 5.32 Å². The predicted molar refractivity (Wildman–Crippen MR) is 88.7 cm³/mol. The highest BCUT2D eigenvalue weighted by atomic mass is 16.3. The van der Waals surface area contributed by atoms with Gasteiger partial charge in [-0.1, -0.05) is 20.8 Å². The maximum Gasteiger partial charge on any atom is 0.261 e. The zero-order valence-electron chi connectivity index (χ0n) is 14.3. The molecule has 8 heteroatoms. The topological polar surface area (TPSA) is 102 Å². The largest absolute Gasteiger partial charge is 0.458 e. The maximum atomic E-state index is 12.6. The molecular formula is C16H20N6O2. The molecule has 0 atom stereocenters. The maximum absolute atomic E-state index is 12.6. The second kappa shape index (κ2) is 5.63.